The van der Waals surface area contributed by atoms with Crippen LogP contribution in [0.5, 0.6) is 0 Å². The summed E-state index contributed by atoms with van der Waals surface area (Å²) >= 11 is 0. The zero-order chi connectivity index (χ0) is 24.9. The molecule has 0 spiro atoms. The topological polar surface area (TPSA) is 63.2 Å². The summed E-state index contributed by atoms with van der Waals surface area (Å²) in [5.74, 6) is 0.228. The van der Waals surface area contributed by atoms with Gasteiger partial charge in [0, 0.05) is 43.4 Å². The summed E-state index contributed by atoms with van der Waals surface area (Å²) in [6.07, 6.45) is 3.09. The van der Waals surface area contributed by atoms with Gasteiger partial charge in [-0.15, -0.1) is 5.10 Å². The molecule has 0 saturated heterocycles. The van der Waals surface area contributed by atoms with E-state index in [1.165, 1.54) is 27.8 Å². The minimum atomic E-state index is -0.603. The molecule has 2 N–H and O–H groups in total. The number of allylic oxidation sites excluding steroid dienone is 1. The van der Waals surface area contributed by atoms with E-state index in [1.807, 2.05) is 22.9 Å². The predicted octanol–water partition coefficient (Wildman–Crippen LogP) is 4.99. The molecule has 3 aromatic rings. The van der Waals surface area contributed by atoms with Gasteiger partial charge in [0.05, 0.1) is 11.2 Å². The summed E-state index contributed by atoms with van der Waals surface area (Å²) in [5.41, 5.74) is 17.0. The van der Waals surface area contributed by atoms with Gasteiger partial charge in [0.2, 0.25) is 0 Å². The second-order valence-corrected chi connectivity index (χ2v) is 9.88. The van der Waals surface area contributed by atoms with Gasteiger partial charge in [-0.2, -0.15) is 0 Å². The van der Waals surface area contributed by atoms with Crippen LogP contribution in [0.4, 0.5) is 0 Å². The van der Waals surface area contributed by atoms with Crippen molar-refractivity contribution < 1.29 is 0 Å². The molecule has 2 heterocycles. The third-order valence-electron chi connectivity index (χ3n) is 8.00. The van der Waals surface area contributed by atoms with Crippen LogP contribution in [0.25, 0.3) is 27.9 Å². The van der Waals surface area contributed by atoms with Crippen LogP contribution in [0.1, 0.15) is 43.9 Å². The molecule has 0 bridgehead atoms. The molecule has 0 fully saturated rings. The Labute approximate surface area is 208 Å². The van der Waals surface area contributed by atoms with Gasteiger partial charge < -0.3 is 10.6 Å². The summed E-state index contributed by atoms with van der Waals surface area (Å²) in [7, 11) is 2.15. The Kier molecular flexibility index (Phi) is 5.90. The maximum atomic E-state index is 7.31. The van der Waals surface area contributed by atoms with E-state index in [2.05, 4.69) is 91.8 Å². The van der Waals surface area contributed by atoms with Gasteiger partial charge in [-0.3, -0.25) is 4.90 Å². The Balaban J connectivity index is 1.71. The van der Waals surface area contributed by atoms with Gasteiger partial charge in [-0.1, -0.05) is 48.2 Å². The maximum absolute atomic E-state index is 7.31. The van der Waals surface area contributed by atoms with Crippen LogP contribution < -0.4 is 5.73 Å². The quantitative estimate of drug-likeness (QED) is 0.572. The number of fused-ring (bicyclic) bond motifs is 4. The Morgan fingerprint density at radius 1 is 1.17 bits per heavy atom. The van der Waals surface area contributed by atoms with Crippen molar-refractivity contribution in [3.63, 3.8) is 0 Å². The first-order chi connectivity index (χ1) is 16.8. The normalized spacial score (nSPS) is 23.5. The van der Waals surface area contributed by atoms with Gasteiger partial charge >= 0.3 is 0 Å². The molecule has 0 amide bonds. The molecule has 0 saturated carbocycles. The molecule has 1 aliphatic carbocycles. The molecule has 1 aliphatic heterocycles. The van der Waals surface area contributed by atoms with E-state index in [-0.39, 0.29) is 5.92 Å². The number of para-hydroxylation sites is 1. The SMILES string of the molecule is C=C(C1C=C2c3cccc(C)c3/C(=C(\C)n3nnc4ccccc43)CC2(N)N(C)C1)N(CC)CC. The lowest BCUT2D eigenvalue weighted by Gasteiger charge is -2.50. The van der Waals surface area contributed by atoms with Crippen LogP contribution >= 0.6 is 0 Å². The Morgan fingerprint density at radius 3 is 2.66 bits per heavy atom. The molecule has 2 aliphatic rings. The average Bonchev–Trinajstić information content (AvgIpc) is 3.29. The van der Waals surface area contributed by atoms with Gasteiger partial charge in [-0.05, 0) is 74.7 Å². The number of aromatic nitrogens is 3. The fourth-order valence-electron chi connectivity index (χ4n) is 5.88. The first kappa shape index (κ1) is 23.5. The van der Waals surface area contributed by atoms with Crippen molar-refractivity contribution in [2.75, 3.05) is 26.7 Å². The zero-order valence-corrected chi connectivity index (χ0v) is 21.5. The summed E-state index contributed by atoms with van der Waals surface area (Å²) < 4.78 is 1.97. The molecule has 2 aromatic carbocycles. The number of nitrogens with two attached hydrogens (primary N) is 1. The van der Waals surface area contributed by atoms with Crippen LogP contribution in [-0.2, 0) is 0 Å². The number of hydrogen-bond acceptors (Lipinski definition) is 5. The lowest BCUT2D eigenvalue weighted by Crippen LogP contribution is -2.60. The largest absolute Gasteiger partial charge is 0.375 e. The Hall–Kier alpha value is -3.22. The van der Waals surface area contributed by atoms with Crippen molar-refractivity contribution in [2.24, 2.45) is 11.7 Å². The first-order valence-electron chi connectivity index (χ1n) is 12.6. The molecule has 1 aromatic heterocycles. The Morgan fingerprint density at radius 2 is 1.91 bits per heavy atom. The lowest BCUT2D eigenvalue weighted by molar-refractivity contribution is 0.154. The summed E-state index contributed by atoms with van der Waals surface area (Å²) in [6, 6.07) is 14.6. The van der Waals surface area contributed by atoms with E-state index in [4.69, 9.17) is 5.73 Å². The minimum Gasteiger partial charge on any atom is -0.375 e. The van der Waals surface area contributed by atoms with Crippen LogP contribution in [0.15, 0.2) is 60.8 Å². The summed E-state index contributed by atoms with van der Waals surface area (Å²) in [5, 5.41) is 8.91. The Bertz CT molecular complexity index is 1360. The van der Waals surface area contributed by atoms with Crippen LogP contribution in [-0.4, -0.2) is 57.1 Å². The molecule has 182 valence electrons. The van der Waals surface area contributed by atoms with Gasteiger partial charge in [0.1, 0.15) is 5.52 Å². The highest BCUT2D eigenvalue weighted by Gasteiger charge is 2.45. The molecule has 35 heavy (non-hydrogen) atoms. The second-order valence-electron chi connectivity index (χ2n) is 9.88. The van der Waals surface area contributed by atoms with Crippen molar-refractivity contribution in [1.82, 2.24) is 24.8 Å². The number of nitrogens with zero attached hydrogens (tertiary/aromatic N) is 5. The fourth-order valence-corrected chi connectivity index (χ4v) is 5.88. The van der Waals surface area contributed by atoms with Crippen molar-refractivity contribution >= 4 is 27.9 Å². The third-order valence-corrected chi connectivity index (χ3v) is 8.00. The molecule has 2 unspecified atom stereocenters. The summed E-state index contributed by atoms with van der Waals surface area (Å²) in [6.45, 7) is 15.9. The van der Waals surface area contributed by atoms with Gasteiger partial charge in [-0.25, -0.2) is 4.68 Å². The van der Waals surface area contributed by atoms with Gasteiger partial charge in [0.15, 0.2) is 0 Å². The van der Waals surface area contributed by atoms with E-state index in [0.29, 0.717) is 6.42 Å². The van der Waals surface area contributed by atoms with Crippen molar-refractivity contribution in [3.05, 3.63) is 77.5 Å². The highest BCUT2D eigenvalue weighted by Crippen LogP contribution is 2.50. The highest BCUT2D eigenvalue weighted by molar-refractivity contribution is 5.97. The smallest absolute Gasteiger partial charge is 0.113 e. The van der Waals surface area contributed by atoms with Crippen LogP contribution in [0.2, 0.25) is 0 Å². The van der Waals surface area contributed by atoms with Gasteiger partial charge in [0.25, 0.3) is 0 Å². The number of aryl methyl sites for hydroxylation is 1. The summed E-state index contributed by atoms with van der Waals surface area (Å²) in [4.78, 5) is 4.67. The first-order valence-corrected chi connectivity index (χ1v) is 12.6. The van der Waals surface area contributed by atoms with E-state index >= 15 is 0 Å². The molecule has 0 radical (unpaired) electrons. The van der Waals surface area contributed by atoms with Crippen LogP contribution in [0.3, 0.4) is 0 Å². The lowest BCUT2D eigenvalue weighted by atomic mass is 9.71. The standard InChI is InChI=1S/C29H36N6/c1-7-34(8-2)20(4)22-16-25-23-13-11-12-19(3)28(23)24(17-29(25,30)33(6)18-22)21(5)35-27-15-10-9-14-26(27)31-32-35/h9-16,22H,4,7-8,17-18,30H2,1-3,5-6H3/b24-21+. The van der Waals surface area contributed by atoms with Crippen molar-refractivity contribution in [2.45, 2.75) is 39.8 Å². The van der Waals surface area contributed by atoms with Crippen molar-refractivity contribution in [1.29, 1.82) is 0 Å². The number of likely N-dealkylation sites (N-methyl/N-ethyl adjacent to an activating group) is 1. The zero-order valence-electron chi connectivity index (χ0n) is 21.5. The molecule has 6 heteroatoms. The van der Waals surface area contributed by atoms with Crippen LogP contribution in [0, 0.1) is 12.8 Å². The van der Waals surface area contributed by atoms with Crippen molar-refractivity contribution in [3.8, 4) is 0 Å². The third kappa shape index (κ3) is 3.63. The predicted molar refractivity (Wildman–Crippen MR) is 145 cm³/mol. The number of rotatable bonds is 5. The van der Waals surface area contributed by atoms with E-state index in [1.54, 1.807) is 0 Å². The van der Waals surface area contributed by atoms with E-state index < -0.39 is 5.66 Å². The molecule has 6 nitrogen and oxygen atoms in total. The van der Waals surface area contributed by atoms with E-state index in [9.17, 15) is 0 Å². The highest BCUT2D eigenvalue weighted by atomic mass is 15.4. The molecule has 5 rings (SSSR count). The number of benzene rings is 2. The molecule has 2 atom stereocenters. The number of hydrogen-bond donors (Lipinski definition) is 1. The monoisotopic (exact) mass is 468 g/mol. The fraction of sp³-hybridized carbons (Fsp3) is 0.379. The molecular weight excluding hydrogens is 432 g/mol. The second kappa shape index (κ2) is 8.77. The molecular formula is C29H36N6. The average molecular weight is 469 g/mol. The maximum Gasteiger partial charge on any atom is 0.113 e. The minimum absolute atomic E-state index is 0.228. The van der Waals surface area contributed by atoms with E-state index in [0.717, 1.165) is 42.1 Å².